The molecule has 0 fully saturated rings. The number of rotatable bonds is 6. The summed E-state index contributed by atoms with van der Waals surface area (Å²) in [6, 6.07) is 14.6. The zero-order chi connectivity index (χ0) is 22.2. The molecular weight excluding hydrogens is 403 g/mol. The van der Waals surface area contributed by atoms with Gasteiger partial charge in [-0.1, -0.05) is 19.1 Å². The first-order chi connectivity index (χ1) is 15.6. The van der Waals surface area contributed by atoms with Crippen molar-refractivity contribution in [3.63, 3.8) is 0 Å². The lowest BCUT2D eigenvalue weighted by atomic mass is 9.95. The van der Waals surface area contributed by atoms with E-state index < -0.39 is 0 Å². The number of aromatic nitrogens is 2. The number of methoxy groups -OCH3 is 1. The van der Waals surface area contributed by atoms with Crippen molar-refractivity contribution in [1.29, 1.82) is 0 Å². The summed E-state index contributed by atoms with van der Waals surface area (Å²) in [5.74, 6) is 0.708. The van der Waals surface area contributed by atoms with Crippen LogP contribution in [0.4, 0.5) is 4.39 Å². The Morgan fingerprint density at radius 3 is 2.44 bits per heavy atom. The standard InChI is InChI=1S/C27H27FN2O2/c1-3-6-24(31)26-25(19-10-14-21(32-2)15-11-19)22-7-4-5-16-29-23(17-30(26)27(22)29)18-8-12-20(28)13-9-18/h8-15,17H,3-7,16H2,1-2H3. The van der Waals surface area contributed by atoms with E-state index in [0.29, 0.717) is 6.42 Å². The van der Waals surface area contributed by atoms with Gasteiger partial charge in [0.1, 0.15) is 17.2 Å². The molecule has 1 aliphatic rings. The normalized spacial score (nSPS) is 13.3. The number of ether oxygens (including phenoxy) is 1. The first-order valence-corrected chi connectivity index (χ1v) is 11.3. The molecule has 0 bridgehead atoms. The van der Waals surface area contributed by atoms with Crippen LogP contribution in [0.15, 0.2) is 54.7 Å². The van der Waals surface area contributed by atoms with Crippen molar-refractivity contribution in [2.75, 3.05) is 7.11 Å². The molecule has 0 amide bonds. The average molecular weight is 431 g/mol. The van der Waals surface area contributed by atoms with Gasteiger partial charge in [-0.25, -0.2) is 4.39 Å². The molecular formula is C27H27FN2O2. The Labute approximate surface area is 187 Å². The van der Waals surface area contributed by atoms with Crippen LogP contribution >= 0.6 is 0 Å². The summed E-state index contributed by atoms with van der Waals surface area (Å²) in [4.78, 5) is 13.4. The van der Waals surface area contributed by atoms with Crippen LogP contribution in [-0.2, 0) is 13.0 Å². The lowest BCUT2D eigenvalue weighted by Crippen LogP contribution is -2.04. The smallest absolute Gasteiger partial charge is 0.180 e. The fraction of sp³-hybridized carbons (Fsp3) is 0.296. The minimum Gasteiger partial charge on any atom is -0.497 e. The third-order valence-electron chi connectivity index (χ3n) is 6.39. The lowest BCUT2D eigenvalue weighted by Gasteiger charge is -2.10. The number of ketones is 1. The molecule has 3 heterocycles. The van der Waals surface area contributed by atoms with Gasteiger partial charge in [-0.3, -0.25) is 9.20 Å². The van der Waals surface area contributed by atoms with Gasteiger partial charge in [-0.05, 0) is 73.2 Å². The lowest BCUT2D eigenvalue weighted by molar-refractivity contribution is 0.0977. The third-order valence-corrected chi connectivity index (χ3v) is 6.39. The van der Waals surface area contributed by atoms with E-state index in [2.05, 4.69) is 15.2 Å². The highest BCUT2D eigenvalue weighted by Crippen LogP contribution is 2.40. The van der Waals surface area contributed by atoms with Gasteiger partial charge in [-0.15, -0.1) is 0 Å². The maximum Gasteiger partial charge on any atom is 0.180 e. The van der Waals surface area contributed by atoms with Crippen LogP contribution in [0.2, 0.25) is 0 Å². The van der Waals surface area contributed by atoms with E-state index in [0.717, 1.165) is 71.7 Å². The number of nitrogens with zero attached hydrogens (tertiary/aromatic N) is 2. The Balaban J connectivity index is 1.80. The van der Waals surface area contributed by atoms with E-state index in [1.54, 1.807) is 7.11 Å². The first-order valence-electron chi connectivity index (χ1n) is 11.3. The maximum atomic E-state index is 13.6. The van der Waals surface area contributed by atoms with Crippen LogP contribution in [0.25, 0.3) is 28.0 Å². The molecule has 164 valence electrons. The Morgan fingerprint density at radius 2 is 1.75 bits per heavy atom. The highest BCUT2D eigenvalue weighted by Gasteiger charge is 2.29. The van der Waals surface area contributed by atoms with Gasteiger partial charge >= 0.3 is 0 Å². The Hall–Kier alpha value is -3.34. The largest absolute Gasteiger partial charge is 0.497 e. The van der Waals surface area contributed by atoms with Gasteiger partial charge in [-0.2, -0.15) is 0 Å². The van der Waals surface area contributed by atoms with E-state index >= 15 is 0 Å². The molecule has 0 saturated heterocycles. The van der Waals surface area contributed by atoms with Crippen molar-refractivity contribution < 1.29 is 13.9 Å². The summed E-state index contributed by atoms with van der Waals surface area (Å²) >= 11 is 0. The number of carbonyl (C=O) groups is 1. The number of benzene rings is 2. The topological polar surface area (TPSA) is 35.6 Å². The van der Waals surface area contributed by atoms with Gasteiger partial charge in [0.2, 0.25) is 0 Å². The fourth-order valence-electron chi connectivity index (χ4n) is 4.92. The number of hydrogen-bond donors (Lipinski definition) is 0. The highest BCUT2D eigenvalue weighted by molar-refractivity contribution is 6.04. The molecule has 2 aromatic carbocycles. The summed E-state index contributed by atoms with van der Waals surface area (Å²) in [5, 5.41) is 0. The van der Waals surface area contributed by atoms with Crippen LogP contribution in [-0.4, -0.2) is 21.9 Å². The minimum atomic E-state index is -0.246. The van der Waals surface area contributed by atoms with Crippen molar-refractivity contribution in [3.05, 3.63) is 71.8 Å². The second-order valence-electron chi connectivity index (χ2n) is 8.43. The average Bonchev–Trinajstić information content (AvgIpc) is 3.22. The number of halogens is 1. The first kappa shape index (κ1) is 20.6. The number of imidazole rings is 1. The van der Waals surface area contributed by atoms with Crippen molar-refractivity contribution in [2.24, 2.45) is 0 Å². The zero-order valence-corrected chi connectivity index (χ0v) is 18.5. The molecule has 32 heavy (non-hydrogen) atoms. The van der Waals surface area contributed by atoms with Crippen LogP contribution in [0.3, 0.4) is 0 Å². The third kappa shape index (κ3) is 3.32. The predicted molar refractivity (Wildman–Crippen MR) is 125 cm³/mol. The van der Waals surface area contributed by atoms with E-state index in [9.17, 15) is 9.18 Å². The molecule has 0 unspecified atom stereocenters. The van der Waals surface area contributed by atoms with Gasteiger partial charge < -0.3 is 9.30 Å². The van der Waals surface area contributed by atoms with Crippen molar-refractivity contribution in [2.45, 2.75) is 45.6 Å². The van der Waals surface area contributed by atoms with Crippen LogP contribution in [0.1, 0.15) is 48.7 Å². The molecule has 5 rings (SSSR count). The maximum absolute atomic E-state index is 13.6. The molecule has 0 radical (unpaired) electrons. The number of hydrogen-bond acceptors (Lipinski definition) is 2. The molecule has 2 aromatic heterocycles. The van der Waals surface area contributed by atoms with Crippen molar-refractivity contribution >= 4 is 11.4 Å². The van der Waals surface area contributed by atoms with E-state index in [4.69, 9.17) is 4.74 Å². The molecule has 1 aliphatic heterocycles. The fourth-order valence-corrected chi connectivity index (χ4v) is 4.92. The van der Waals surface area contributed by atoms with E-state index in [-0.39, 0.29) is 11.6 Å². The molecule has 4 nitrogen and oxygen atoms in total. The Bertz CT molecular complexity index is 1280. The monoisotopic (exact) mass is 430 g/mol. The summed E-state index contributed by atoms with van der Waals surface area (Å²) < 4.78 is 23.3. The molecule has 0 N–H and O–H groups in total. The van der Waals surface area contributed by atoms with Crippen LogP contribution < -0.4 is 4.74 Å². The van der Waals surface area contributed by atoms with Gasteiger partial charge in [0.25, 0.3) is 0 Å². The summed E-state index contributed by atoms with van der Waals surface area (Å²) in [5.41, 5.74) is 7.14. The number of carbonyl (C=O) groups excluding carboxylic acids is 1. The van der Waals surface area contributed by atoms with Crippen LogP contribution in [0, 0.1) is 5.82 Å². The SMILES string of the molecule is CCCC(=O)c1c(-c2ccc(OC)cc2)c2c3n(c(-c4ccc(F)cc4)cn13)CCCC2. The van der Waals surface area contributed by atoms with E-state index in [1.807, 2.05) is 43.3 Å². The molecule has 0 spiro atoms. The second kappa shape index (κ2) is 8.30. The summed E-state index contributed by atoms with van der Waals surface area (Å²) in [6.45, 7) is 2.92. The molecule has 4 aromatic rings. The summed E-state index contributed by atoms with van der Waals surface area (Å²) in [7, 11) is 1.66. The molecule has 0 saturated carbocycles. The number of aryl methyl sites for hydroxylation is 2. The van der Waals surface area contributed by atoms with Crippen molar-refractivity contribution in [1.82, 2.24) is 8.97 Å². The Morgan fingerprint density at radius 1 is 1.03 bits per heavy atom. The Kier molecular flexibility index (Phi) is 5.33. The molecule has 0 atom stereocenters. The zero-order valence-electron chi connectivity index (χ0n) is 18.5. The van der Waals surface area contributed by atoms with Gasteiger partial charge in [0, 0.05) is 30.3 Å². The number of Topliss-reactive ketones (excluding diaryl/α,β-unsaturated/α-hetero) is 1. The molecule has 0 aliphatic carbocycles. The van der Waals surface area contributed by atoms with Crippen LogP contribution in [0.5, 0.6) is 5.75 Å². The predicted octanol–water partition coefficient (Wildman–Crippen LogP) is 6.54. The molecule has 5 heteroatoms. The highest BCUT2D eigenvalue weighted by atomic mass is 19.1. The second-order valence-corrected chi connectivity index (χ2v) is 8.43. The summed E-state index contributed by atoms with van der Waals surface area (Å²) in [6.07, 6.45) is 6.42. The van der Waals surface area contributed by atoms with Gasteiger partial charge in [0.05, 0.1) is 18.5 Å². The van der Waals surface area contributed by atoms with Gasteiger partial charge in [0.15, 0.2) is 5.78 Å². The van der Waals surface area contributed by atoms with Crippen molar-refractivity contribution in [3.8, 4) is 28.1 Å². The van der Waals surface area contributed by atoms with E-state index in [1.165, 1.54) is 17.7 Å². The quantitative estimate of drug-likeness (QED) is 0.326. The minimum absolute atomic E-state index is 0.156.